The van der Waals surface area contributed by atoms with Crippen molar-refractivity contribution in [2.75, 3.05) is 13.1 Å². The Hall–Kier alpha value is -2.11. The standard InChI is InChI=1S/C21H24N2O3/c24-18(14-6-5-12-3-1-2-4-13(12)7-14)11-23-21(25)22-10-15-8-19-16-9-17(16)20(15)26-19/h1-7,15-20,24H,8-11H2,(H2,22,23,25)/t15-,16+,17-,18?,19-,20+/m0/s1. The van der Waals surface area contributed by atoms with Crippen LogP contribution in [-0.4, -0.2) is 36.4 Å². The summed E-state index contributed by atoms with van der Waals surface area (Å²) in [5, 5.41) is 18.3. The Kier molecular flexibility index (Phi) is 3.87. The number of nitrogens with one attached hydrogen (secondary N) is 2. The molecule has 5 rings (SSSR count). The summed E-state index contributed by atoms with van der Waals surface area (Å²) in [6.07, 6.45) is 2.47. The Morgan fingerprint density at radius 1 is 1.12 bits per heavy atom. The summed E-state index contributed by atoms with van der Waals surface area (Å²) in [5.41, 5.74) is 0.810. The average molecular weight is 352 g/mol. The predicted octanol–water partition coefficient (Wildman–Crippen LogP) is 2.60. The van der Waals surface area contributed by atoms with Gasteiger partial charge in [0, 0.05) is 19.0 Å². The van der Waals surface area contributed by atoms with E-state index in [0.29, 0.717) is 24.7 Å². The summed E-state index contributed by atoms with van der Waals surface area (Å²) in [5.74, 6) is 2.00. The van der Waals surface area contributed by atoms with E-state index in [-0.39, 0.29) is 12.6 Å². The van der Waals surface area contributed by atoms with E-state index in [0.717, 1.165) is 34.6 Å². The highest BCUT2D eigenvalue weighted by atomic mass is 16.5. The minimum absolute atomic E-state index is 0.197. The van der Waals surface area contributed by atoms with Crippen molar-refractivity contribution in [2.45, 2.75) is 31.2 Å². The highest BCUT2D eigenvalue weighted by Crippen LogP contribution is 2.60. The fourth-order valence-corrected chi connectivity index (χ4v) is 4.78. The predicted molar refractivity (Wildman–Crippen MR) is 98.7 cm³/mol. The number of carbonyl (C=O) groups excluding carboxylic acids is 1. The van der Waals surface area contributed by atoms with Gasteiger partial charge in [0.1, 0.15) is 0 Å². The van der Waals surface area contributed by atoms with Gasteiger partial charge < -0.3 is 20.5 Å². The van der Waals surface area contributed by atoms with E-state index in [1.807, 2.05) is 42.5 Å². The van der Waals surface area contributed by atoms with E-state index in [4.69, 9.17) is 4.74 Å². The average Bonchev–Trinajstić information content (AvgIpc) is 3.28. The smallest absolute Gasteiger partial charge is 0.314 e. The van der Waals surface area contributed by atoms with Crippen LogP contribution in [0.1, 0.15) is 24.5 Å². The zero-order chi connectivity index (χ0) is 17.7. The molecular formula is C21H24N2O3. The molecule has 2 aromatic carbocycles. The molecule has 2 heterocycles. The first-order valence-corrected chi connectivity index (χ1v) is 9.53. The Bertz CT molecular complexity index is 839. The Morgan fingerprint density at radius 3 is 2.77 bits per heavy atom. The Labute approximate surface area is 152 Å². The summed E-state index contributed by atoms with van der Waals surface area (Å²) in [7, 11) is 0. The topological polar surface area (TPSA) is 70.6 Å². The van der Waals surface area contributed by atoms with Crippen molar-refractivity contribution in [2.24, 2.45) is 17.8 Å². The van der Waals surface area contributed by atoms with Crippen LogP contribution < -0.4 is 10.6 Å². The van der Waals surface area contributed by atoms with Gasteiger partial charge in [-0.1, -0.05) is 36.4 Å². The molecule has 1 saturated carbocycles. The van der Waals surface area contributed by atoms with Crippen LogP contribution in [0.4, 0.5) is 4.79 Å². The van der Waals surface area contributed by atoms with Gasteiger partial charge in [-0.15, -0.1) is 0 Å². The van der Waals surface area contributed by atoms with E-state index < -0.39 is 6.10 Å². The molecule has 2 aliphatic heterocycles. The van der Waals surface area contributed by atoms with Gasteiger partial charge in [-0.3, -0.25) is 0 Å². The second kappa shape index (κ2) is 6.25. The highest BCUT2D eigenvalue weighted by Gasteiger charge is 2.62. The fraction of sp³-hybridized carbons (Fsp3) is 0.476. The summed E-state index contributed by atoms with van der Waals surface area (Å²) >= 11 is 0. The first-order chi connectivity index (χ1) is 12.7. The van der Waals surface area contributed by atoms with E-state index in [1.54, 1.807) is 0 Å². The Morgan fingerprint density at radius 2 is 1.96 bits per heavy atom. The molecule has 2 bridgehead atoms. The lowest BCUT2D eigenvalue weighted by Gasteiger charge is -2.19. The van der Waals surface area contributed by atoms with Gasteiger partial charge in [0.05, 0.1) is 18.3 Å². The summed E-state index contributed by atoms with van der Waals surface area (Å²) in [4.78, 5) is 12.1. The zero-order valence-corrected chi connectivity index (χ0v) is 14.6. The third-order valence-corrected chi connectivity index (χ3v) is 6.26. The number of urea groups is 1. The molecule has 0 aromatic heterocycles. The molecule has 0 radical (unpaired) electrons. The van der Waals surface area contributed by atoms with Crippen LogP contribution in [0.25, 0.3) is 10.8 Å². The maximum atomic E-state index is 12.1. The van der Waals surface area contributed by atoms with Gasteiger partial charge in [0.2, 0.25) is 0 Å². The van der Waals surface area contributed by atoms with Crippen molar-refractivity contribution in [3.63, 3.8) is 0 Å². The van der Waals surface area contributed by atoms with Crippen LogP contribution in [0.15, 0.2) is 42.5 Å². The highest BCUT2D eigenvalue weighted by molar-refractivity contribution is 5.83. The first kappa shape index (κ1) is 16.1. The number of benzene rings is 2. The van der Waals surface area contributed by atoms with E-state index in [9.17, 15) is 9.90 Å². The molecule has 136 valence electrons. The van der Waals surface area contributed by atoms with Crippen molar-refractivity contribution in [3.05, 3.63) is 48.0 Å². The molecule has 3 N–H and O–H groups in total. The molecule has 2 saturated heterocycles. The van der Waals surface area contributed by atoms with Crippen LogP contribution >= 0.6 is 0 Å². The number of aliphatic hydroxyl groups excluding tert-OH is 1. The van der Waals surface area contributed by atoms with Gasteiger partial charge in [-0.05, 0) is 47.1 Å². The normalized spacial score (nSPS) is 32.3. The lowest BCUT2D eigenvalue weighted by molar-refractivity contribution is 0.0613. The van der Waals surface area contributed by atoms with Gasteiger partial charge in [-0.25, -0.2) is 4.79 Å². The van der Waals surface area contributed by atoms with Crippen molar-refractivity contribution in [1.29, 1.82) is 0 Å². The number of carbonyl (C=O) groups is 1. The summed E-state index contributed by atoms with van der Waals surface area (Å²) in [6.45, 7) is 0.852. The van der Waals surface area contributed by atoms with Crippen LogP contribution in [0, 0.1) is 17.8 Å². The number of hydrogen-bond acceptors (Lipinski definition) is 3. The monoisotopic (exact) mass is 352 g/mol. The second-order valence-corrected chi connectivity index (χ2v) is 7.91. The third-order valence-electron chi connectivity index (χ3n) is 6.26. The number of hydrogen-bond donors (Lipinski definition) is 3. The zero-order valence-electron chi connectivity index (χ0n) is 14.6. The van der Waals surface area contributed by atoms with E-state index in [2.05, 4.69) is 10.6 Å². The molecule has 2 aromatic rings. The van der Waals surface area contributed by atoms with Crippen molar-refractivity contribution in [1.82, 2.24) is 10.6 Å². The lowest BCUT2D eigenvalue weighted by atomic mass is 9.89. The van der Waals surface area contributed by atoms with Crippen molar-refractivity contribution >= 4 is 16.8 Å². The van der Waals surface area contributed by atoms with Crippen LogP contribution in [-0.2, 0) is 4.74 Å². The maximum Gasteiger partial charge on any atom is 0.314 e. The molecule has 1 aliphatic carbocycles. The minimum Gasteiger partial charge on any atom is -0.387 e. The molecule has 5 nitrogen and oxygen atoms in total. The van der Waals surface area contributed by atoms with Crippen molar-refractivity contribution < 1.29 is 14.6 Å². The summed E-state index contributed by atoms with van der Waals surface area (Å²) < 4.78 is 5.96. The number of amides is 2. The molecule has 3 fully saturated rings. The van der Waals surface area contributed by atoms with Gasteiger partial charge in [0.25, 0.3) is 0 Å². The molecule has 26 heavy (non-hydrogen) atoms. The minimum atomic E-state index is -0.719. The maximum absolute atomic E-state index is 12.1. The number of fused-ring (bicyclic) bond motifs is 6. The largest absolute Gasteiger partial charge is 0.387 e. The lowest BCUT2D eigenvalue weighted by Crippen LogP contribution is -2.41. The number of ether oxygens (including phenoxy) is 1. The number of aliphatic hydroxyl groups is 1. The molecular weight excluding hydrogens is 328 g/mol. The molecule has 0 spiro atoms. The molecule has 6 atom stereocenters. The van der Waals surface area contributed by atoms with Crippen LogP contribution in [0.2, 0.25) is 0 Å². The fourth-order valence-electron chi connectivity index (χ4n) is 4.78. The van der Waals surface area contributed by atoms with E-state index >= 15 is 0 Å². The molecule has 2 amide bonds. The van der Waals surface area contributed by atoms with Gasteiger partial charge in [-0.2, -0.15) is 0 Å². The summed E-state index contributed by atoms with van der Waals surface area (Å²) in [6, 6.07) is 13.7. The number of rotatable bonds is 5. The Balaban J connectivity index is 1.11. The first-order valence-electron chi connectivity index (χ1n) is 9.53. The second-order valence-electron chi connectivity index (χ2n) is 7.91. The quantitative estimate of drug-likeness (QED) is 0.775. The molecule has 1 unspecified atom stereocenters. The SMILES string of the molecule is O=C(NCC(O)c1ccc2ccccc2c1)NC[C@@H]1C[C@@H]2O[C@H]1[C@H]1C[C@H]12. The van der Waals surface area contributed by atoms with Crippen molar-refractivity contribution in [3.8, 4) is 0 Å². The van der Waals surface area contributed by atoms with Crippen LogP contribution in [0.3, 0.4) is 0 Å². The van der Waals surface area contributed by atoms with Gasteiger partial charge in [0.15, 0.2) is 0 Å². The molecule has 5 heteroatoms. The van der Waals surface area contributed by atoms with Gasteiger partial charge >= 0.3 is 6.03 Å². The van der Waals surface area contributed by atoms with E-state index in [1.165, 1.54) is 6.42 Å². The third kappa shape index (κ3) is 2.85. The van der Waals surface area contributed by atoms with Crippen LogP contribution in [0.5, 0.6) is 0 Å². The molecule has 3 aliphatic rings.